The number of carbonyl (C=O) groups excluding carboxylic acids is 2. The lowest BCUT2D eigenvalue weighted by Crippen LogP contribution is -2.22. The van der Waals surface area contributed by atoms with E-state index in [1.165, 1.54) is 0 Å². The molecule has 2 aromatic rings. The first kappa shape index (κ1) is 12.9. The van der Waals surface area contributed by atoms with Gasteiger partial charge in [0, 0.05) is 36.3 Å². The first-order chi connectivity index (χ1) is 9.50. The van der Waals surface area contributed by atoms with Crippen LogP contribution in [0.5, 0.6) is 0 Å². The highest BCUT2D eigenvalue weighted by Crippen LogP contribution is 2.34. The summed E-state index contributed by atoms with van der Waals surface area (Å²) in [6.45, 7) is 0. The predicted octanol–water partition coefficient (Wildman–Crippen LogP) is 3.18. The highest BCUT2D eigenvalue weighted by molar-refractivity contribution is 6.35. The van der Waals surface area contributed by atoms with Crippen LogP contribution in [0.3, 0.4) is 0 Å². The third-order valence-corrected chi connectivity index (χ3v) is 3.78. The Bertz CT molecular complexity index is 750. The minimum Gasteiger partial charge on any atom is -0.376 e. The van der Waals surface area contributed by atoms with Gasteiger partial charge in [-0.05, 0) is 12.1 Å². The molecular formula is C16H12ClNO2. The summed E-state index contributed by atoms with van der Waals surface area (Å²) in [5.74, 6) is -0.280. The van der Waals surface area contributed by atoms with Gasteiger partial charge < -0.3 is 4.90 Å². The molecule has 0 aromatic heterocycles. The molecule has 3 nitrogen and oxygen atoms in total. The van der Waals surface area contributed by atoms with Crippen LogP contribution in [-0.4, -0.2) is 25.7 Å². The number of benzene rings is 2. The van der Waals surface area contributed by atoms with Crippen LogP contribution in [0, 0.1) is 0 Å². The highest BCUT2D eigenvalue weighted by atomic mass is 35.5. The fourth-order valence-corrected chi connectivity index (χ4v) is 2.78. The Morgan fingerprint density at radius 2 is 1.35 bits per heavy atom. The van der Waals surface area contributed by atoms with Crippen LogP contribution in [0.15, 0.2) is 36.4 Å². The molecule has 0 saturated carbocycles. The van der Waals surface area contributed by atoms with Crippen molar-refractivity contribution in [3.8, 4) is 0 Å². The molecule has 0 amide bonds. The van der Waals surface area contributed by atoms with Gasteiger partial charge in [0.1, 0.15) is 0 Å². The molecule has 0 heterocycles. The largest absolute Gasteiger partial charge is 0.376 e. The van der Waals surface area contributed by atoms with E-state index in [4.69, 9.17) is 11.6 Å². The van der Waals surface area contributed by atoms with E-state index in [2.05, 4.69) is 0 Å². The Morgan fingerprint density at radius 3 is 1.85 bits per heavy atom. The summed E-state index contributed by atoms with van der Waals surface area (Å²) in [5, 5.41) is 0.467. The molecule has 2 aromatic carbocycles. The van der Waals surface area contributed by atoms with Crippen molar-refractivity contribution < 1.29 is 9.59 Å². The molecule has 0 aliphatic heterocycles. The number of anilines is 1. The van der Waals surface area contributed by atoms with Crippen LogP contribution in [0.4, 0.5) is 5.69 Å². The molecule has 0 atom stereocenters. The van der Waals surface area contributed by atoms with E-state index in [-0.39, 0.29) is 11.6 Å². The lowest BCUT2D eigenvalue weighted by atomic mass is 9.84. The predicted molar refractivity (Wildman–Crippen MR) is 79.1 cm³/mol. The molecular weight excluding hydrogens is 274 g/mol. The summed E-state index contributed by atoms with van der Waals surface area (Å²) in [5.41, 5.74) is 2.42. The zero-order valence-electron chi connectivity index (χ0n) is 11.1. The van der Waals surface area contributed by atoms with Gasteiger partial charge in [-0.3, -0.25) is 9.59 Å². The minimum atomic E-state index is -0.151. The van der Waals surface area contributed by atoms with Gasteiger partial charge in [-0.15, -0.1) is 0 Å². The number of halogens is 1. The number of hydrogen-bond acceptors (Lipinski definition) is 3. The van der Waals surface area contributed by atoms with E-state index in [1.54, 1.807) is 36.4 Å². The second kappa shape index (κ2) is 4.46. The summed E-state index contributed by atoms with van der Waals surface area (Å²) >= 11 is 6.19. The smallest absolute Gasteiger partial charge is 0.194 e. The zero-order valence-corrected chi connectivity index (χ0v) is 11.9. The first-order valence-corrected chi connectivity index (χ1v) is 6.58. The van der Waals surface area contributed by atoms with Gasteiger partial charge in [-0.25, -0.2) is 0 Å². The van der Waals surface area contributed by atoms with E-state index in [0.29, 0.717) is 27.3 Å². The maximum atomic E-state index is 12.5. The number of carbonyl (C=O) groups is 2. The maximum Gasteiger partial charge on any atom is 0.194 e. The van der Waals surface area contributed by atoms with Crippen LogP contribution in [0.1, 0.15) is 31.8 Å². The van der Waals surface area contributed by atoms with Gasteiger partial charge in [-0.2, -0.15) is 0 Å². The highest BCUT2D eigenvalue weighted by Gasteiger charge is 2.30. The van der Waals surface area contributed by atoms with E-state index in [0.717, 1.165) is 5.69 Å². The molecule has 0 bridgehead atoms. The Kier molecular flexibility index (Phi) is 2.87. The quantitative estimate of drug-likeness (QED) is 0.689. The van der Waals surface area contributed by atoms with Crippen molar-refractivity contribution in [2.45, 2.75) is 0 Å². The number of fused-ring (bicyclic) bond motifs is 2. The zero-order chi connectivity index (χ0) is 14.4. The Hall–Kier alpha value is -2.13. The lowest BCUT2D eigenvalue weighted by Gasteiger charge is -2.21. The molecule has 4 heteroatoms. The third kappa shape index (κ3) is 1.74. The fourth-order valence-electron chi connectivity index (χ4n) is 2.45. The van der Waals surface area contributed by atoms with Crippen LogP contribution in [-0.2, 0) is 0 Å². The second-order valence-corrected chi connectivity index (χ2v) is 5.35. The van der Waals surface area contributed by atoms with Crippen LogP contribution in [0.25, 0.3) is 0 Å². The molecule has 0 saturated heterocycles. The molecule has 0 radical (unpaired) electrons. The summed E-state index contributed by atoms with van der Waals surface area (Å²) in [7, 11) is 3.69. The van der Waals surface area contributed by atoms with Gasteiger partial charge in [0.15, 0.2) is 11.6 Å². The normalized spacial score (nSPS) is 12.9. The van der Waals surface area contributed by atoms with Crippen molar-refractivity contribution in [3.63, 3.8) is 0 Å². The molecule has 0 spiro atoms. The van der Waals surface area contributed by atoms with Crippen molar-refractivity contribution in [1.29, 1.82) is 0 Å². The van der Waals surface area contributed by atoms with Gasteiger partial charge in [0.2, 0.25) is 0 Å². The summed E-state index contributed by atoms with van der Waals surface area (Å²) in [6, 6.07) is 10.1. The number of ketones is 2. The second-order valence-electron chi connectivity index (χ2n) is 4.95. The minimum absolute atomic E-state index is 0.130. The topological polar surface area (TPSA) is 37.4 Å². The van der Waals surface area contributed by atoms with Crippen molar-refractivity contribution in [2.24, 2.45) is 0 Å². The molecule has 0 N–H and O–H groups in total. The van der Waals surface area contributed by atoms with Gasteiger partial charge in [0.25, 0.3) is 0 Å². The summed E-state index contributed by atoms with van der Waals surface area (Å²) in [6.07, 6.45) is 0. The molecule has 3 rings (SSSR count). The molecule has 0 fully saturated rings. The molecule has 1 aliphatic carbocycles. The van der Waals surface area contributed by atoms with Crippen molar-refractivity contribution in [1.82, 2.24) is 0 Å². The average molecular weight is 286 g/mol. The third-order valence-electron chi connectivity index (χ3n) is 3.47. The summed E-state index contributed by atoms with van der Waals surface area (Å²) in [4.78, 5) is 26.8. The molecule has 1 aliphatic rings. The standard InChI is InChI=1S/C16H12ClNO2/c1-18(2)14-8-12-11(7-13(14)17)15(19)9-5-3-4-6-10(9)16(12)20/h3-8H,1-2H3. The van der Waals surface area contributed by atoms with E-state index < -0.39 is 0 Å². The van der Waals surface area contributed by atoms with E-state index in [1.807, 2.05) is 19.0 Å². The average Bonchev–Trinajstić information content (AvgIpc) is 2.44. The fraction of sp³-hybridized carbons (Fsp3) is 0.125. The Labute approximate surface area is 121 Å². The van der Waals surface area contributed by atoms with Crippen LogP contribution >= 0.6 is 11.6 Å². The van der Waals surface area contributed by atoms with E-state index >= 15 is 0 Å². The van der Waals surface area contributed by atoms with Gasteiger partial charge in [0.05, 0.1) is 10.7 Å². The molecule has 100 valence electrons. The monoisotopic (exact) mass is 285 g/mol. The van der Waals surface area contributed by atoms with E-state index in [9.17, 15) is 9.59 Å². The van der Waals surface area contributed by atoms with Crippen LogP contribution < -0.4 is 4.90 Å². The number of nitrogens with zero attached hydrogens (tertiary/aromatic N) is 1. The summed E-state index contributed by atoms with van der Waals surface area (Å²) < 4.78 is 0. The molecule has 0 unspecified atom stereocenters. The number of hydrogen-bond donors (Lipinski definition) is 0. The Balaban J connectivity index is 2.28. The maximum absolute atomic E-state index is 12.5. The molecule has 20 heavy (non-hydrogen) atoms. The SMILES string of the molecule is CN(C)c1cc2c(cc1Cl)C(=O)c1ccccc1C2=O. The van der Waals surface area contributed by atoms with Gasteiger partial charge >= 0.3 is 0 Å². The van der Waals surface area contributed by atoms with Crippen molar-refractivity contribution in [2.75, 3.05) is 19.0 Å². The van der Waals surface area contributed by atoms with Crippen molar-refractivity contribution >= 4 is 28.9 Å². The van der Waals surface area contributed by atoms with Crippen LogP contribution in [0.2, 0.25) is 5.02 Å². The first-order valence-electron chi connectivity index (χ1n) is 6.20. The van der Waals surface area contributed by atoms with Crippen molar-refractivity contribution in [3.05, 3.63) is 63.7 Å². The lowest BCUT2D eigenvalue weighted by molar-refractivity contribution is 0.0979. The Morgan fingerprint density at radius 1 is 0.850 bits per heavy atom. The number of rotatable bonds is 1. The van der Waals surface area contributed by atoms with Gasteiger partial charge in [-0.1, -0.05) is 35.9 Å².